The van der Waals surface area contributed by atoms with Crippen molar-refractivity contribution in [2.75, 3.05) is 12.3 Å². The fourth-order valence-corrected chi connectivity index (χ4v) is 3.89. The third-order valence-electron chi connectivity index (χ3n) is 3.42. The van der Waals surface area contributed by atoms with Gasteiger partial charge in [0.15, 0.2) is 0 Å². The van der Waals surface area contributed by atoms with E-state index in [1.165, 1.54) is 16.0 Å². The highest BCUT2D eigenvalue weighted by Crippen LogP contribution is 2.27. The Labute approximate surface area is 140 Å². The van der Waals surface area contributed by atoms with Crippen LogP contribution >= 0.6 is 27.7 Å². The molecule has 0 heterocycles. The molecule has 0 spiro atoms. The van der Waals surface area contributed by atoms with E-state index in [2.05, 4.69) is 83.6 Å². The maximum atomic E-state index is 3.60. The molecule has 0 fully saturated rings. The van der Waals surface area contributed by atoms with Crippen molar-refractivity contribution in [3.05, 3.63) is 64.1 Å². The quantitative estimate of drug-likeness (QED) is 0.655. The number of hydrogen-bond donors (Lipinski definition) is 1. The first-order valence-corrected chi connectivity index (χ1v) is 9.21. The minimum Gasteiger partial charge on any atom is -0.309 e. The van der Waals surface area contributed by atoms with Crippen molar-refractivity contribution in [1.82, 2.24) is 5.32 Å². The topological polar surface area (TPSA) is 12.0 Å². The fourth-order valence-electron chi connectivity index (χ4n) is 2.29. The number of hydrogen-bond acceptors (Lipinski definition) is 2. The lowest BCUT2D eigenvalue weighted by molar-refractivity contribution is 0.605. The summed E-state index contributed by atoms with van der Waals surface area (Å²) in [6, 6.07) is 17.8. The van der Waals surface area contributed by atoms with E-state index in [1.807, 2.05) is 11.8 Å². The summed E-state index contributed by atoms with van der Waals surface area (Å²) in [5.74, 6) is 1.04. The third kappa shape index (κ3) is 5.17. The molecule has 0 aliphatic heterocycles. The summed E-state index contributed by atoms with van der Waals surface area (Å²) in [6.07, 6.45) is 1.09. The van der Waals surface area contributed by atoms with Gasteiger partial charge in [-0.25, -0.2) is 0 Å². The lowest BCUT2D eigenvalue weighted by Crippen LogP contribution is -2.23. The minimum absolute atomic E-state index is 0.394. The van der Waals surface area contributed by atoms with Gasteiger partial charge < -0.3 is 5.32 Å². The zero-order chi connectivity index (χ0) is 15.1. The Hall–Kier alpha value is -0.770. The Morgan fingerprint density at radius 3 is 2.62 bits per heavy atom. The first-order chi connectivity index (χ1) is 10.2. The van der Waals surface area contributed by atoms with Gasteiger partial charge in [0.05, 0.1) is 0 Å². The van der Waals surface area contributed by atoms with Crippen molar-refractivity contribution in [2.24, 2.45) is 0 Å². The van der Waals surface area contributed by atoms with Crippen LogP contribution in [0.25, 0.3) is 0 Å². The van der Waals surface area contributed by atoms with Gasteiger partial charge in [0, 0.05) is 21.2 Å². The van der Waals surface area contributed by atoms with E-state index in [4.69, 9.17) is 0 Å². The summed E-state index contributed by atoms with van der Waals surface area (Å²) >= 11 is 5.43. The van der Waals surface area contributed by atoms with E-state index in [9.17, 15) is 0 Å². The molecule has 2 aromatic carbocycles. The normalized spacial score (nSPS) is 12.3. The highest BCUT2D eigenvalue weighted by atomic mass is 79.9. The van der Waals surface area contributed by atoms with Crippen molar-refractivity contribution in [1.29, 1.82) is 0 Å². The van der Waals surface area contributed by atoms with Gasteiger partial charge in [-0.3, -0.25) is 0 Å². The summed E-state index contributed by atoms with van der Waals surface area (Å²) in [5.41, 5.74) is 2.79. The van der Waals surface area contributed by atoms with Gasteiger partial charge >= 0.3 is 0 Å². The van der Waals surface area contributed by atoms with Gasteiger partial charge in [-0.05, 0) is 42.3 Å². The predicted octanol–water partition coefficient (Wildman–Crippen LogP) is 5.45. The molecule has 0 radical (unpaired) electrons. The average molecular weight is 364 g/mol. The second-order valence-electron chi connectivity index (χ2n) is 4.98. The molecule has 2 aromatic rings. The van der Waals surface area contributed by atoms with Crippen LogP contribution in [0.3, 0.4) is 0 Å². The number of aryl methyl sites for hydroxylation is 1. The molecule has 1 N–H and O–H groups in total. The number of nitrogens with one attached hydrogen (secondary N) is 1. The van der Waals surface area contributed by atoms with E-state index in [0.717, 1.165) is 23.2 Å². The monoisotopic (exact) mass is 363 g/mol. The maximum absolute atomic E-state index is 3.60. The van der Waals surface area contributed by atoms with E-state index < -0.39 is 0 Å². The Kier molecular flexibility index (Phi) is 6.81. The average Bonchev–Trinajstić information content (AvgIpc) is 2.51. The van der Waals surface area contributed by atoms with Crippen LogP contribution in [0.4, 0.5) is 0 Å². The van der Waals surface area contributed by atoms with Crippen molar-refractivity contribution < 1.29 is 0 Å². The van der Waals surface area contributed by atoms with Crippen molar-refractivity contribution in [3.8, 4) is 0 Å². The highest BCUT2D eigenvalue weighted by molar-refractivity contribution is 9.10. The first-order valence-electron chi connectivity index (χ1n) is 7.43. The van der Waals surface area contributed by atoms with Crippen LogP contribution in [0.5, 0.6) is 0 Å². The van der Waals surface area contributed by atoms with Crippen LogP contribution in [0.1, 0.15) is 31.0 Å². The van der Waals surface area contributed by atoms with E-state index >= 15 is 0 Å². The number of rotatable bonds is 7. The lowest BCUT2D eigenvalue weighted by Gasteiger charge is -2.19. The fraction of sp³-hybridized carbons (Fsp3) is 0.333. The third-order valence-corrected chi connectivity index (χ3v) is 5.01. The predicted molar refractivity (Wildman–Crippen MR) is 97.1 cm³/mol. The molecular formula is C18H22BrNS. The van der Waals surface area contributed by atoms with Crippen LogP contribution in [0, 0.1) is 0 Å². The van der Waals surface area contributed by atoms with Gasteiger partial charge in [0.25, 0.3) is 0 Å². The van der Waals surface area contributed by atoms with Crippen LogP contribution in [0.15, 0.2) is 57.9 Å². The molecule has 0 amide bonds. The van der Waals surface area contributed by atoms with Crippen molar-refractivity contribution in [3.63, 3.8) is 0 Å². The van der Waals surface area contributed by atoms with Crippen LogP contribution in [-0.4, -0.2) is 12.3 Å². The molecule has 0 aliphatic rings. The van der Waals surface area contributed by atoms with E-state index in [0.29, 0.717) is 6.04 Å². The smallest absolute Gasteiger partial charge is 0.0415 e. The van der Waals surface area contributed by atoms with Crippen molar-refractivity contribution in [2.45, 2.75) is 31.2 Å². The number of halogens is 1. The van der Waals surface area contributed by atoms with Crippen LogP contribution in [-0.2, 0) is 6.42 Å². The van der Waals surface area contributed by atoms with Crippen LogP contribution < -0.4 is 5.32 Å². The molecule has 0 bridgehead atoms. The van der Waals surface area contributed by atoms with Gasteiger partial charge in [-0.1, -0.05) is 60.1 Å². The molecule has 1 atom stereocenters. The summed E-state index contributed by atoms with van der Waals surface area (Å²) in [4.78, 5) is 1.30. The molecule has 3 heteroatoms. The molecule has 0 saturated heterocycles. The largest absolute Gasteiger partial charge is 0.309 e. The Morgan fingerprint density at radius 1 is 1.10 bits per heavy atom. The molecular weight excluding hydrogens is 342 g/mol. The SMILES string of the molecule is CCNC(CSc1cccc(Br)c1)c1cccc(CC)c1. The Balaban J connectivity index is 2.07. The molecule has 112 valence electrons. The van der Waals surface area contributed by atoms with Gasteiger partial charge in [-0.2, -0.15) is 0 Å². The Bertz CT molecular complexity index is 571. The lowest BCUT2D eigenvalue weighted by atomic mass is 10.0. The zero-order valence-electron chi connectivity index (χ0n) is 12.6. The van der Waals surface area contributed by atoms with Gasteiger partial charge in [-0.15, -0.1) is 11.8 Å². The van der Waals surface area contributed by atoms with Crippen molar-refractivity contribution >= 4 is 27.7 Å². The standard InChI is InChI=1S/C18H22BrNS/c1-3-14-7-5-8-15(11-14)18(20-4-2)13-21-17-10-6-9-16(19)12-17/h5-12,18,20H,3-4,13H2,1-2H3. The molecule has 2 rings (SSSR count). The summed E-state index contributed by atoms with van der Waals surface area (Å²) in [5, 5.41) is 3.60. The summed E-state index contributed by atoms with van der Waals surface area (Å²) in [6.45, 7) is 5.36. The number of benzene rings is 2. The van der Waals surface area contributed by atoms with E-state index in [-0.39, 0.29) is 0 Å². The zero-order valence-corrected chi connectivity index (χ0v) is 15.0. The summed E-state index contributed by atoms with van der Waals surface area (Å²) < 4.78 is 1.14. The first kappa shape index (κ1) is 16.6. The molecule has 1 nitrogen and oxygen atoms in total. The molecule has 21 heavy (non-hydrogen) atoms. The minimum atomic E-state index is 0.394. The van der Waals surface area contributed by atoms with E-state index in [1.54, 1.807) is 0 Å². The van der Waals surface area contributed by atoms with Gasteiger partial charge in [0.2, 0.25) is 0 Å². The summed E-state index contributed by atoms with van der Waals surface area (Å²) in [7, 11) is 0. The number of thioether (sulfide) groups is 1. The highest BCUT2D eigenvalue weighted by Gasteiger charge is 2.11. The second-order valence-corrected chi connectivity index (χ2v) is 6.99. The molecule has 0 aromatic heterocycles. The molecule has 0 saturated carbocycles. The molecule has 1 unspecified atom stereocenters. The van der Waals surface area contributed by atoms with Crippen LogP contribution in [0.2, 0.25) is 0 Å². The van der Waals surface area contributed by atoms with Gasteiger partial charge in [0.1, 0.15) is 0 Å². The Morgan fingerprint density at radius 2 is 1.90 bits per heavy atom. The molecule has 0 aliphatic carbocycles. The maximum Gasteiger partial charge on any atom is 0.0415 e. The second kappa shape index (κ2) is 8.62.